The van der Waals surface area contributed by atoms with Gasteiger partial charge in [-0.2, -0.15) is 0 Å². The molecule has 0 saturated heterocycles. The molecule has 0 nitrogen and oxygen atoms in total. The molecule has 2 aliphatic rings. The first-order valence-electron chi connectivity index (χ1n) is 4.34. The first-order valence-corrected chi connectivity index (χ1v) is 5.63. The number of halogens is 2. The molecule has 0 saturated carbocycles. The Labute approximate surface area is 126 Å². The zero-order chi connectivity index (χ0) is 8.72. The molecule has 1 heterocycles. The summed E-state index contributed by atoms with van der Waals surface area (Å²) in [4.78, 5) is 3.12. The van der Waals surface area contributed by atoms with Crippen molar-refractivity contribution in [3.63, 3.8) is 0 Å². The van der Waals surface area contributed by atoms with E-state index < -0.39 is 0 Å². The number of rotatable bonds is 0. The normalized spacial score (nSPS) is 25.3. The van der Waals surface area contributed by atoms with Gasteiger partial charge in [0.1, 0.15) is 0 Å². The Bertz CT molecular complexity index is 350. The van der Waals surface area contributed by atoms with Crippen LogP contribution in [0, 0.1) is 0 Å². The third kappa shape index (κ3) is 3.43. The molecule has 2 atom stereocenters. The van der Waals surface area contributed by atoms with Crippen molar-refractivity contribution in [2.75, 3.05) is 0 Å². The van der Waals surface area contributed by atoms with E-state index in [0.717, 1.165) is 5.25 Å². The fraction of sp³-hybridized carbons (Fsp3) is 0.364. The molecule has 15 heavy (non-hydrogen) atoms. The largest absolute Gasteiger partial charge is 2.00 e. The van der Waals surface area contributed by atoms with Crippen LogP contribution in [0.15, 0.2) is 34.8 Å². The molecular weight excluding hydrogens is 326 g/mol. The molecule has 0 amide bonds. The van der Waals surface area contributed by atoms with Gasteiger partial charge in [0.05, 0.1) is 0 Å². The number of fused-ring (bicyclic) bond motifs is 1. The van der Waals surface area contributed by atoms with Crippen LogP contribution in [0.4, 0.5) is 0 Å². The standard InChI is InChI=1S/C11H14S.2ClH.Zr/c1-8(2)12-9(3)7-10-5-4-6-11(10)12;;;/h4-7,9H,1-3H3;2*1H;/q;;;+2/p-2. The summed E-state index contributed by atoms with van der Waals surface area (Å²) < 4.78 is 0. The van der Waals surface area contributed by atoms with Gasteiger partial charge in [0.25, 0.3) is 0 Å². The van der Waals surface area contributed by atoms with Gasteiger partial charge in [-0.1, -0.05) is 18.2 Å². The summed E-state index contributed by atoms with van der Waals surface area (Å²) in [5.41, 5.74) is 1.46. The molecule has 0 bridgehead atoms. The maximum Gasteiger partial charge on any atom is 2.00 e. The molecule has 0 aromatic heterocycles. The monoisotopic (exact) mass is 338 g/mol. The second-order valence-corrected chi connectivity index (χ2v) is 6.14. The fourth-order valence-corrected chi connectivity index (χ4v) is 4.35. The van der Waals surface area contributed by atoms with E-state index >= 15 is 0 Å². The second kappa shape index (κ2) is 7.27. The Morgan fingerprint density at radius 1 is 1.27 bits per heavy atom. The van der Waals surface area contributed by atoms with Gasteiger partial charge in [-0.15, -0.1) is 10.5 Å². The Kier molecular flexibility index (Phi) is 8.86. The van der Waals surface area contributed by atoms with E-state index in [-0.39, 0.29) is 51.0 Å². The summed E-state index contributed by atoms with van der Waals surface area (Å²) in [5, 5.41) is 0.723. The quantitative estimate of drug-likeness (QED) is 0.420. The third-order valence-electron chi connectivity index (χ3n) is 2.27. The van der Waals surface area contributed by atoms with Gasteiger partial charge in [-0.05, 0) is 37.3 Å². The zero-order valence-electron chi connectivity index (χ0n) is 9.05. The molecule has 0 N–H and O–H groups in total. The van der Waals surface area contributed by atoms with Crippen LogP contribution in [-0.2, 0) is 26.2 Å². The van der Waals surface area contributed by atoms with Gasteiger partial charge in [0.15, 0.2) is 0 Å². The Balaban J connectivity index is 0. The van der Waals surface area contributed by atoms with Gasteiger partial charge in [0.2, 0.25) is 0 Å². The molecule has 82 valence electrons. The van der Waals surface area contributed by atoms with Crippen LogP contribution in [0.5, 0.6) is 0 Å². The molecule has 2 rings (SSSR count). The molecule has 1 aliphatic carbocycles. The predicted octanol–water partition coefficient (Wildman–Crippen LogP) is -2.74. The van der Waals surface area contributed by atoms with E-state index in [9.17, 15) is 0 Å². The van der Waals surface area contributed by atoms with Crippen LogP contribution in [0.3, 0.4) is 0 Å². The summed E-state index contributed by atoms with van der Waals surface area (Å²) in [6.45, 7) is 6.81. The molecule has 1 aliphatic heterocycles. The van der Waals surface area contributed by atoms with Crippen molar-refractivity contribution in [3.05, 3.63) is 34.8 Å². The third-order valence-corrected chi connectivity index (χ3v) is 4.88. The SMILES string of the molecule is CC(C)=S1C2=CC=CC2=CC1C.[Cl-].[Cl-].[Zr+2]. The van der Waals surface area contributed by atoms with Crippen LogP contribution in [0.25, 0.3) is 0 Å². The van der Waals surface area contributed by atoms with Gasteiger partial charge < -0.3 is 24.8 Å². The molecule has 4 heteroatoms. The van der Waals surface area contributed by atoms with Crippen LogP contribution in [-0.4, -0.2) is 10.1 Å². The maximum absolute atomic E-state index is 2.39. The van der Waals surface area contributed by atoms with Crippen LogP contribution < -0.4 is 24.8 Å². The molecule has 0 radical (unpaired) electrons. The minimum Gasteiger partial charge on any atom is -1.00 e. The maximum atomic E-state index is 2.39. The molecule has 0 fully saturated rings. The average molecular weight is 340 g/mol. The van der Waals surface area contributed by atoms with Gasteiger partial charge >= 0.3 is 26.2 Å². The number of hydrogen-bond acceptors (Lipinski definition) is 0. The van der Waals surface area contributed by atoms with Crippen molar-refractivity contribution < 1.29 is 51.0 Å². The number of allylic oxidation sites excluding steroid dienone is 4. The summed E-state index contributed by atoms with van der Waals surface area (Å²) in [6.07, 6.45) is 9.05. The van der Waals surface area contributed by atoms with Crippen LogP contribution >= 0.6 is 10.5 Å². The minimum atomic E-state index is 0. The van der Waals surface area contributed by atoms with E-state index in [4.69, 9.17) is 0 Å². The molecule has 0 spiro atoms. The van der Waals surface area contributed by atoms with Gasteiger partial charge in [0, 0.05) is 10.2 Å². The summed E-state index contributed by atoms with van der Waals surface area (Å²) in [6, 6.07) is 0. The van der Waals surface area contributed by atoms with Gasteiger partial charge in [-0.3, -0.25) is 0 Å². The van der Waals surface area contributed by atoms with Crippen molar-refractivity contribution in [2.45, 2.75) is 26.0 Å². The van der Waals surface area contributed by atoms with Crippen molar-refractivity contribution in [1.29, 1.82) is 0 Å². The molecule has 0 aromatic carbocycles. The van der Waals surface area contributed by atoms with Gasteiger partial charge in [-0.25, -0.2) is 0 Å². The van der Waals surface area contributed by atoms with Crippen molar-refractivity contribution in [3.8, 4) is 0 Å². The first-order chi connectivity index (χ1) is 5.70. The van der Waals surface area contributed by atoms with E-state index in [0.29, 0.717) is 10.5 Å². The van der Waals surface area contributed by atoms with E-state index in [2.05, 4.69) is 45.1 Å². The Morgan fingerprint density at radius 3 is 2.40 bits per heavy atom. The molecule has 2 unspecified atom stereocenters. The second-order valence-electron chi connectivity index (χ2n) is 3.46. The topological polar surface area (TPSA) is 0 Å². The van der Waals surface area contributed by atoms with Crippen LogP contribution in [0.1, 0.15) is 20.8 Å². The minimum absolute atomic E-state index is 0. The average Bonchev–Trinajstić information content (AvgIpc) is 2.44. The molecule has 0 aromatic rings. The Morgan fingerprint density at radius 2 is 1.87 bits per heavy atom. The smallest absolute Gasteiger partial charge is 1.00 e. The van der Waals surface area contributed by atoms with Crippen molar-refractivity contribution in [1.82, 2.24) is 0 Å². The first kappa shape index (κ1) is 18.3. The fourth-order valence-electron chi connectivity index (χ4n) is 1.87. The predicted molar refractivity (Wildman–Crippen MR) is 58.7 cm³/mol. The summed E-state index contributed by atoms with van der Waals surface area (Å²) in [5.74, 6) is 0. The van der Waals surface area contributed by atoms with Crippen LogP contribution in [0.2, 0.25) is 0 Å². The summed E-state index contributed by atoms with van der Waals surface area (Å²) in [7, 11) is 0.394. The molecular formula is C11H14Cl2SZr. The van der Waals surface area contributed by atoms with E-state index in [1.165, 1.54) is 5.57 Å². The Hall–Kier alpha value is 0.903. The van der Waals surface area contributed by atoms with E-state index in [1.54, 1.807) is 9.77 Å². The number of hydrogen-bond donors (Lipinski definition) is 0. The summed E-state index contributed by atoms with van der Waals surface area (Å²) >= 11 is 0. The van der Waals surface area contributed by atoms with Crippen molar-refractivity contribution >= 4 is 15.3 Å². The zero-order valence-corrected chi connectivity index (χ0v) is 13.8. The van der Waals surface area contributed by atoms with Crippen molar-refractivity contribution in [2.24, 2.45) is 0 Å². The van der Waals surface area contributed by atoms with E-state index in [1.807, 2.05) is 0 Å².